The highest BCUT2D eigenvalue weighted by Gasteiger charge is 2.05. The molecule has 0 bridgehead atoms. The second kappa shape index (κ2) is 5.86. The number of anilines is 1. The molecule has 1 aromatic carbocycles. The maximum absolute atomic E-state index is 11.2. The minimum absolute atomic E-state index is 0.352. The van der Waals surface area contributed by atoms with Crippen molar-refractivity contribution in [2.75, 3.05) is 31.2 Å². The van der Waals surface area contributed by atoms with Crippen molar-refractivity contribution in [2.45, 2.75) is 11.8 Å². The summed E-state index contributed by atoms with van der Waals surface area (Å²) < 4.78 is 22.4. The van der Waals surface area contributed by atoms with Crippen LogP contribution in [0.4, 0.5) is 5.69 Å². The topological polar surface area (TPSA) is 58.2 Å². The summed E-state index contributed by atoms with van der Waals surface area (Å²) in [6.07, 6.45) is 1.21. The van der Waals surface area contributed by atoms with Crippen LogP contribution in [0.5, 0.6) is 0 Å². The molecule has 0 saturated heterocycles. The standard InChI is InChI=1S/C11H18N2O2S/c1-3-12-8-9-13-10-4-6-11(7-5-10)16(2,14)15/h4-7,12-13H,3,8-9H2,1-2H3. The number of benzene rings is 1. The molecule has 0 aliphatic rings. The molecule has 2 N–H and O–H groups in total. The first-order valence-corrected chi connectivity index (χ1v) is 7.18. The van der Waals surface area contributed by atoms with E-state index in [1.807, 2.05) is 0 Å². The highest BCUT2D eigenvalue weighted by atomic mass is 32.2. The number of hydrogen-bond donors (Lipinski definition) is 2. The quantitative estimate of drug-likeness (QED) is 0.734. The molecule has 0 heterocycles. The van der Waals surface area contributed by atoms with Crippen molar-refractivity contribution in [3.8, 4) is 0 Å². The van der Waals surface area contributed by atoms with Crippen LogP contribution in [0.15, 0.2) is 29.2 Å². The van der Waals surface area contributed by atoms with Gasteiger partial charge in [-0.2, -0.15) is 0 Å². The van der Waals surface area contributed by atoms with Crippen LogP contribution in [-0.4, -0.2) is 34.3 Å². The van der Waals surface area contributed by atoms with Gasteiger partial charge in [0.2, 0.25) is 0 Å². The number of sulfone groups is 1. The Morgan fingerprint density at radius 1 is 1.12 bits per heavy atom. The summed E-state index contributed by atoms with van der Waals surface area (Å²) in [5.41, 5.74) is 0.935. The summed E-state index contributed by atoms with van der Waals surface area (Å²) in [6, 6.07) is 6.79. The van der Waals surface area contributed by atoms with E-state index in [4.69, 9.17) is 0 Å². The zero-order valence-corrected chi connectivity index (χ0v) is 10.5. The van der Waals surface area contributed by atoms with Crippen LogP contribution >= 0.6 is 0 Å². The molecular weight excluding hydrogens is 224 g/mol. The van der Waals surface area contributed by atoms with Gasteiger partial charge in [-0.05, 0) is 30.8 Å². The van der Waals surface area contributed by atoms with Gasteiger partial charge >= 0.3 is 0 Å². The first-order chi connectivity index (χ1) is 7.54. The fraction of sp³-hybridized carbons (Fsp3) is 0.455. The van der Waals surface area contributed by atoms with Gasteiger partial charge in [-0.25, -0.2) is 8.42 Å². The zero-order valence-electron chi connectivity index (χ0n) is 9.66. The Morgan fingerprint density at radius 2 is 1.75 bits per heavy atom. The van der Waals surface area contributed by atoms with Crippen LogP contribution in [0.25, 0.3) is 0 Å². The number of rotatable bonds is 6. The van der Waals surface area contributed by atoms with Crippen LogP contribution in [0.3, 0.4) is 0 Å². The second-order valence-electron chi connectivity index (χ2n) is 3.58. The Balaban J connectivity index is 2.52. The van der Waals surface area contributed by atoms with Gasteiger partial charge in [-0.15, -0.1) is 0 Å². The first kappa shape index (κ1) is 13.0. The van der Waals surface area contributed by atoms with Crippen LogP contribution in [0, 0.1) is 0 Å². The van der Waals surface area contributed by atoms with Crippen molar-refractivity contribution >= 4 is 15.5 Å². The van der Waals surface area contributed by atoms with Gasteiger partial charge in [0.1, 0.15) is 0 Å². The van der Waals surface area contributed by atoms with E-state index >= 15 is 0 Å². The molecule has 1 rings (SSSR count). The van der Waals surface area contributed by atoms with E-state index in [9.17, 15) is 8.42 Å². The molecule has 0 aliphatic heterocycles. The Morgan fingerprint density at radius 3 is 2.25 bits per heavy atom. The lowest BCUT2D eigenvalue weighted by Crippen LogP contribution is -2.21. The molecule has 90 valence electrons. The lowest BCUT2D eigenvalue weighted by molar-refractivity contribution is 0.602. The highest BCUT2D eigenvalue weighted by molar-refractivity contribution is 7.90. The van der Waals surface area contributed by atoms with Crippen LogP contribution in [0.2, 0.25) is 0 Å². The van der Waals surface area contributed by atoms with Crippen molar-refractivity contribution < 1.29 is 8.42 Å². The fourth-order valence-corrected chi connectivity index (χ4v) is 1.92. The van der Waals surface area contributed by atoms with E-state index in [0.717, 1.165) is 25.3 Å². The minimum atomic E-state index is -3.09. The van der Waals surface area contributed by atoms with Crippen molar-refractivity contribution in [1.82, 2.24) is 5.32 Å². The molecule has 0 amide bonds. The minimum Gasteiger partial charge on any atom is -0.384 e. The molecule has 0 aliphatic carbocycles. The van der Waals surface area contributed by atoms with E-state index in [2.05, 4.69) is 17.6 Å². The number of likely N-dealkylation sites (N-methyl/N-ethyl adjacent to an activating group) is 1. The average molecular weight is 242 g/mol. The van der Waals surface area contributed by atoms with Crippen molar-refractivity contribution in [3.05, 3.63) is 24.3 Å². The van der Waals surface area contributed by atoms with Crippen LogP contribution < -0.4 is 10.6 Å². The normalized spacial score (nSPS) is 11.4. The molecule has 0 fully saturated rings. The molecule has 1 aromatic rings. The molecule has 0 unspecified atom stereocenters. The van der Waals surface area contributed by atoms with Crippen LogP contribution in [0.1, 0.15) is 6.92 Å². The van der Waals surface area contributed by atoms with Gasteiger partial charge in [-0.3, -0.25) is 0 Å². The first-order valence-electron chi connectivity index (χ1n) is 5.28. The number of nitrogens with one attached hydrogen (secondary N) is 2. The second-order valence-corrected chi connectivity index (χ2v) is 5.59. The lowest BCUT2D eigenvalue weighted by atomic mass is 10.3. The smallest absolute Gasteiger partial charge is 0.175 e. The summed E-state index contributed by atoms with van der Waals surface area (Å²) in [5.74, 6) is 0. The Kier molecular flexibility index (Phi) is 4.76. The third kappa shape index (κ3) is 4.20. The molecule has 5 heteroatoms. The van der Waals surface area contributed by atoms with Crippen molar-refractivity contribution in [2.24, 2.45) is 0 Å². The fourth-order valence-electron chi connectivity index (χ4n) is 1.29. The molecule has 0 saturated carbocycles. The number of hydrogen-bond acceptors (Lipinski definition) is 4. The van der Waals surface area contributed by atoms with E-state index in [0.29, 0.717) is 4.90 Å². The van der Waals surface area contributed by atoms with E-state index in [1.165, 1.54) is 6.26 Å². The van der Waals surface area contributed by atoms with Crippen molar-refractivity contribution in [3.63, 3.8) is 0 Å². The zero-order chi connectivity index (χ0) is 12.0. The van der Waals surface area contributed by atoms with Crippen molar-refractivity contribution in [1.29, 1.82) is 0 Å². The summed E-state index contributed by atoms with van der Waals surface area (Å²) >= 11 is 0. The summed E-state index contributed by atoms with van der Waals surface area (Å²) in [4.78, 5) is 0.352. The molecular formula is C11H18N2O2S. The van der Waals surface area contributed by atoms with Gasteiger partial charge in [-0.1, -0.05) is 6.92 Å². The maximum Gasteiger partial charge on any atom is 0.175 e. The van der Waals surface area contributed by atoms with E-state index in [1.54, 1.807) is 24.3 Å². The SMILES string of the molecule is CCNCCNc1ccc(S(C)(=O)=O)cc1. The monoisotopic (exact) mass is 242 g/mol. The van der Waals surface area contributed by atoms with Gasteiger partial charge in [0, 0.05) is 25.0 Å². The molecule has 16 heavy (non-hydrogen) atoms. The molecule has 0 atom stereocenters. The van der Waals surface area contributed by atoms with E-state index < -0.39 is 9.84 Å². The highest BCUT2D eigenvalue weighted by Crippen LogP contribution is 2.13. The van der Waals surface area contributed by atoms with Gasteiger partial charge in [0.25, 0.3) is 0 Å². The van der Waals surface area contributed by atoms with E-state index in [-0.39, 0.29) is 0 Å². The summed E-state index contributed by atoms with van der Waals surface area (Å²) in [5, 5.41) is 6.40. The average Bonchev–Trinajstić information content (AvgIpc) is 2.24. The van der Waals surface area contributed by atoms with Gasteiger partial charge in [0.15, 0.2) is 9.84 Å². The van der Waals surface area contributed by atoms with Gasteiger partial charge < -0.3 is 10.6 Å². The Labute approximate surface area is 97.0 Å². The largest absolute Gasteiger partial charge is 0.384 e. The third-order valence-corrected chi connectivity index (χ3v) is 3.29. The molecule has 0 aromatic heterocycles. The molecule has 0 spiro atoms. The third-order valence-electron chi connectivity index (χ3n) is 2.16. The molecule has 0 radical (unpaired) electrons. The molecule has 4 nitrogen and oxygen atoms in total. The maximum atomic E-state index is 11.2. The predicted molar refractivity (Wildman–Crippen MR) is 66.6 cm³/mol. The lowest BCUT2D eigenvalue weighted by Gasteiger charge is -2.07. The summed E-state index contributed by atoms with van der Waals surface area (Å²) in [6.45, 7) is 4.73. The Hall–Kier alpha value is -1.07. The van der Waals surface area contributed by atoms with Gasteiger partial charge in [0.05, 0.1) is 4.90 Å². The Bertz CT molecular complexity index is 412. The summed E-state index contributed by atoms with van der Waals surface area (Å²) in [7, 11) is -3.09. The van der Waals surface area contributed by atoms with Crippen LogP contribution in [-0.2, 0) is 9.84 Å². The predicted octanol–water partition coefficient (Wildman–Crippen LogP) is 1.11.